The number of carbonyl (C=O) groups excluding carboxylic acids is 1. The molecule has 2 heterocycles. The third-order valence-corrected chi connectivity index (χ3v) is 8.61. The summed E-state index contributed by atoms with van der Waals surface area (Å²) in [5, 5.41) is 4.41. The third-order valence-electron chi connectivity index (χ3n) is 4.96. The number of amides is 1. The Morgan fingerprint density at radius 2 is 1.90 bits per heavy atom. The second-order valence-corrected chi connectivity index (χ2v) is 10.5. The van der Waals surface area contributed by atoms with Crippen molar-refractivity contribution in [1.82, 2.24) is 0 Å². The van der Waals surface area contributed by atoms with Gasteiger partial charge in [0.2, 0.25) is 15.7 Å². The van der Waals surface area contributed by atoms with Crippen molar-refractivity contribution >= 4 is 48.7 Å². The number of sulfone groups is 1. The lowest BCUT2D eigenvalue weighted by Crippen LogP contribution is -2.23. The Bertz CT molecular complexity index is 1200. The summed E-state index contributed by atoms with van der Waals surface area (Å²) in [5.74, 6) is 0.282. The summed E-state index contributed by atoms with van der Waals surface area (Å²) in [6, 6.07) is 12.4. The number of rotatable bonds is 4. The van der Waals surface area contributed by atoms with Crippen LogP contribution in [0.1, 0.15) is 28.3 Å². The summed E-state index contributed by atoms with van der Waals surface area (Å²) in [5.41, 5.74) is 2.30. The zero-order valence-corrected chi connectivity index (χ0v) is 18.9. The van der Waals surface area contributed by atoms with Crippen molar-refractivity contribution in [3.8, 4) is 5.75 Å². The van der Waals surface area contributed by atoms with E-state index in [2.05, 4.69) is 21.2 Å². The van der Waals surface area contributed by atoms with Gasteiger partial charge in [-0.25, -0.2) is 8.42 Å². The van der Waals surface area contributed by atoms with Crippen molar-refractivity contribution < 1.29 is 17.9 Å². The molecular formula is C21H18BrNO4S2. The Labute approximate surface area is 181 Å². The number of fused-ring (bicyclic) bond motifs is 1. The van der Waals surface area contributed by atoms with E-state index in [-0.39, 0.29) is 28.0 Å². The largest absolute Gasteiger partial charge is 0.496 e. The number of methoxy groups -OCH3 is 1. The van der Waals surface area contributed by atoms with Crippen molar-refractivity contribution in [3.05, 3.63) is 68.3 Å². The van der Waals surface area contributed by atoms with E-state index in [9.17, 15) is 13.2 Å². The summed E-state index contributed by atoms with van der Waals surface area (Å²) in [4.78, 5) is 13.6. The average Bonchev–Trinajstić information content (AvgIpc) is 3.12. The molecule has 0 fully saturated rings. The van der Waals surface area contributed by atoms with Gasteiger partial charge in [-0.3, -0.25) is 4.79 Å². The molecule has 5 nitrogen and oxygen atoms in total. The molecule has 8 heteroatoms. The predicted molar refractivity (Wildman–Crippen MR) is 117 cm³/mol. The lowest BCUT2D eigenvalue weighted by Gasteiger charge is -2.24. The van der Waals surface area contributed by atoms with Crippen LogP contribution in [0.2, 0.25) is 0 Å². The lowest BCUT2D eigenvalue weighted by atomic mass is 9.90. The highest BCUT2D eigenvalue weighted by Gasteiger charge is 2.34. The molecule has 1 aromatic heterocycles. The maximum Gasteiger partial charge on any atom is 0.225 e. The van der Waals surface area contributed by atoms with Crippen LogP contribution >= 0.6 is 27.3 Å². The third kappa shape index (κ3) is 3.60. The monoisotopic (exact) mass is 491 g/mol. The summed E-state index contributed by atoms with van der Waals surface area (Å²) in [6.45, 7) is 1.90. The van der Waals surface area contributed by atoms with Gasteiger partial charge in [0.05, 0.1) is 22.2 Å². The van der Waals surface area contributed by atoms with Gasteiger partial charge in [-0.15, -0.1) is 11.3 Å². The van der Waals surface area contributed by atoms with Crippen molar-refractivity contribution in [2.45, 2.75) is 29.1 Å². The summed E-state index contributed by atoms with van der Waals surface area (Å²) in [7, 11) is -2.14. The van der Waals surface area contributed by atoms with Gasteiger partial charge >= 0.3 is 0 Å². The molecule has 0 unspecified atom stereocenters. The van der Waals surface area contributed by atoms with Crippen LogP contribution in [0.4, 0.5) is 5.69 Å². The Hall–Kier alpha value is -2.16. The Morgan fingerprint density at radius 3 is 2.55 bits per heavy atom. The first-order valence-corrected chi connectivity index (χ1v) is 12.0. The average molecular weight is 492 g/mol. The van der Waals surface area contributed by atoms with Crippen molar-refractivity contribution in [2.75, 3.05) is 12.4 Å². The minimum absolute atomic E-state index is 0.145. The van der Waals surface area contributed by atoms with Gasteiger partial charge in [0, 0.05) is 22.6 Å². The van der Waals surface area contributed by atoms with E-state index in [4.69, 9.17) is 4.74 Å². The molecule has 1 aliphatic heterocycles. The maximum absolute atomic E-state index is 13.2. The van der Waals surface area contributed by atoms with Crippen LogP contribution in [0.15, 0.2) is 62.1 Å². The summed E-state index contributed by atoms with van der Waals surface area (Å²) >= 11 is 4.84. The molecule has 2 aromatic carbocycles. The molecule has 150 valence electrons. The van der Waals surface area contributed by atoms with Gasteiger partial charge < -0.3 is 10.1 Å². The van der Waals surface area contributed by atoms with E-state index >= 15 is 0 Å². The molecule has 0 saturated heterocycles. The minimum atomic E-state index is -3.74. The van der Waals surface area contributed by atoms with Gasteiger partial charge in [0.25, 0.3) is 0 Å². The fraction of sp³-hybridized carbons (Fsp3) is 0.190. The molecule has 3 aromatic rings. The molecule has 29 heavy (non-hydrogen) atoms. The number of aryl methyl sites for hydroxylation is 1. The number of ether oxygens (including phenoxy) is 1. The molecule has 0 bridgehead atoms. The molecule has 0 saturated carbocycles. The minimum Gasteiger partial charge on any atom is -0.496 e. The predicted octanol–water partition coefficient (Wildman–Crippen LogP) is 5.13. The van der Waals surface area contributed by atoms with Crippen LogP contribution in [0.5, 0.6) is 5.75 Å². The molecule has 0 spiro atoms. The van der Waals surface area contributed by atoms with Crippen molar-refractivity contribution in [1.29, 1.82) is 0 Å². The van der Waals surface area contributed by atoms with Gasteiger partial charge in [-0.1, -0.05) is 23.8 Å². The molecule has 0 aliphatic carbocycles. The zero-order valence-electron chi connectivity index (χ0n) is 15.7. The fourth-order valence-corrected chi connectivity index (χ4v) is 6.88. The first kappa shape index (κ1) is 20.1. The molecule has 1 aliphatic rings. The number of anilines is 1. The number of carbonyl (C=O) groups is 1. The van der Waals surface area contributed by atoms with Crippen LogP contribution in [-0.2, 0) is 14.6 Å². The molecule has 1 N–H and O–H groups in total. The van der Waals surface area contributed by atoms with Crippen LogP contribution in [-0.4, -0.2) is 21.4 Å². The Morgan fingerprint density at radius 1 is 1.17 bits per heavy atom. The number of halogens is 1. The Kier molecular flexibility index (Phi) is 5.27. The first-order chi connectivity index (χ1) is 13.8. The van der Waals surface area contributed by atoms with E-state index in [1.54, 1.807) is 36.8 Å². The van der Waals surface area contributed by atoms with Gasteiger partial charge in [-0.05, 0) is 52.7 Å². The molecule has 1 atom stereocenters. The van der Waals surface area contributed by atoms with Crippen LogP contribution in [0.25, 0.3) is 0 Å². The van der Waals surface area contributed by atoms with Crippen molar-refractivity contribution in [2.24, 2.45) is 0 Å². The Balaban J connectivity index is 1.80. The quantitative estimate of drug-likeness (QED) is 0.548. The maximum atomic E-state index is 13.2. The van der Waals surface area contributed by atoms with Gasteiger partial charge in [0.1, 0.15) is 10.6 Å². The van der Waals surface area contributed by atoms with Crippen LogP contribution < -0.4 is 10.1 Å². The molecule has 1 amide bonds. The topological polar surface area (TPSA) is 72.5 Å². The summed E-state index contributed by atoms with van der Waals surface area (Å²) in [6.07, 6.45) is 0.260. The smallest absolute Gasteiger partial charge is 0.225 e. The highest BCUT2D eigenvalue weighted by atomic mass is 79.9. The number of hydrogen-bond acceptors (Lipinski definition) is 5. The molecule has 4 rings (SSSR count). The zero-order chi connectivity index (χ0) is 20.8. The highest BCUT2D eigenvalue weighted by Crippen LogP contribution is 2.46. The van der Waals surface area contributed by atoms with E-state index in [0.717, 1.165) is 20.5 Å². The highest BCUT2D eigenvalue weighted by molar-refractivity contribution is 9.10. The lowest BCUT2D eigenvalue weighted by molar-refractivity contribution is -0.116. The first-order valence-electron chi connectivity index (χ1n) is 8.87. The molecule has 0 radical (unpaired) electrons. The van der Waals surface area contributed by atoms with Crippen LogP contribution in [0, 0.1) is 6.92 Å². The number of benzene rings is 2. The van der Waals surface area contributed by atoms with Crippen LogP contribution in [0.3, 0.4) is 0 Å². The SMILES string of the molecule is COc1ccc([C@@H]2CC(=O)Nc3c(S(=O)(=O)c4ccc(C)cc4)csc32)cc1Br. The second kappa shape index (κ2) is 7.59. The van der Waals surface area contributed by atoms with E-state index in [1.165, 1.54) is 11.3 Å². The van der Waals surface area contributed by atoms with Gasteiger partial charge in [0.15, 0.2) is 0 Å². The molecular weight excluding hydrogens is 474 g/mol. The normalized spacial score (nSPS) is 16.2. The second-order valence-electron chi connectivity index (χ2n) is 6.85. The van der Waals surface area contributed by atoms with E-state index in [1.807, 2.05) is 25.1 Å². The number of thiophene rings is 1. The summed E-state index contributed by atoms with van der Waals surface area (Å²) < 4.78 is 32.5. The number of nitrogens with one attached hydrogen (secondary N) is 1. The van der Waals surface area contributed by atoms with E-state index in [0.29, 0.717) is 11.4 Å². The fourth-order valence-electron chi connectivity index (χ4n) is 3.42. The number of hydrogen-bond donors (Lipinski definition) is 1. The standard InChI is InChI=1S/C21H18BrNO4S2/c1-12-3-6-14(7-4-12)29(25,26)18-11-28-21-15(10-19(24)23-20(18)21)13-5-8-17(27-2)16(22)9-13/h3-9,11,15H,10H2,1-2H3,(H,23,24)/t15-/m0/s1. The van der Waals surface area contributed by atoms with Crippen molar-refractivity contribution in [3.63, 3.8) is 0 Å². The van der Waals surface area contributed by atoms with E-state index < -0.39 is 9.84 Å². The van der Waals surface area contributed by atoms with Gasteiger partial charge in [-0.2, -0.15) is 0 Å².